The number of carbonyl (C=O) groups excluding carboxylic acids is 5. The van der Waals surface area contributed by atoms with Crippen molar-refractivity contribution in [2.45, 2.75) is 84.8 Å². The van der Waals surface area contributed by atoms with Crippen molar-refractivity contribution in [3.05, 3.63) is 53.6 Å². The van der Waals surface area contributed by atoms with Crippen LogP contribution < -0.4 is 9.47 Å². The third-order valence-electron chi connectivity index (χ3n) is 6.13. The highest BCUT2D eigenvalue weighted by atomic mass is 16.7. The molecule has 1 fully saturated rings. The highest BCUT2D eigenvalue weighted by Gasteiger charge is 2.53. The van der Waals surface area contributed by atoms with E-state index in [1.165, 1.54) is 18.2 Å². The molecule has 238 valence electrons. The quantitative estimate of drug-likeness (QED) is 0.210. The van der Waals surface area contributed by atoms with Crippen LogP contribution in [-0.2, 0) is 49.3 Å². The summed E-state index contributed by atoms with van der Waals surface area (Å²) in [5.41, 5.74) is 0.740. The Kier molecular flexibility index (Phi) is 11.7. The van der Waals surface area contributed by atoms with Gasteiger partial charge in [-0.3, -0.25) is 24.0 Å². The van der Waals surface area contributed by atoms with Crippen molar-refractivity contribution in [1.82, 2.24) is 0 Å². The molecular formula is C31H36O13. The molecule has 0 amide bonds. The number of esters is 4. The average Bonchev–Trinajstić information content (AvgIpc) is 2.91. The highest BCUT2D eigenvalue weighted by molar-refractivity contribution is 6.00. The van der Waals surface area contributed by atoms with Gasteiger partial charge in [-0.1, -0.05) is 12.1 Å². The summed E-state index contributed by atoms with van der Waals surface area (Å²) < 4.78 is 38.6. The van der Waals surface area contributed by atoms with E-state index in [1.807, 2.05) is 13.8 Å². The van der Waals surface area contributed by atoms with Crippen molar-refractivity contribution in [3.8, 4) is 17.2 Å². The summed E-state index contributed by atoms with van der Waals surface area (Å²) in [5, 5.41) is 10.7. The van der Waals surface area contributed by atoms with Gasteiger partial charge in [-0.05, 0) is 43.7 Å². The van der Waals surface area contributed by atoms with E-state index in [0.29, 0.717) is 11.3 Å². The van der Waals surface area contributed by atoms with Crippen LogP contribution in [0.3, 0.4) is 0 Å². The molecule has 0 aliphatic carbocycles. The fraction of sp³-hybridized carbons (Fsp3) is 0.452. The number of Topliss-reactive ketones (excluding diaryl/α,β-unsaturated/α-hetero) is 1. The van der Waals surface area contributed by atoms with Gasteiger partial charge >= 0.3 is 23.9 Å². The second kappa shape index (κ2) is 15.2. The molecule has 0 aromatic heterocycles. The lowest BCUT2D eigenvalue weighted by Crippen LogP contribution is -2.63. The van der Waals surface area contributed by atoms with E-state index < -0.39 is 66.9 Å². The first kappa shape index (κ1) is 33.8. The minimum Gasteiger partial charge on any atom is -0.507 e. The second-order valence-electron chi connectivity index (χ2n) is 10.3. The van der Waals surface area contributed by atoms with Crippen LogP contribution in [0.1, 0.15) is 57.5 Å². The molecular weight excluding hydrogens is 580 g/mol. The zero-order valence-electron chi connectivity index (χ0n) is 25.3. The van der Waals surface area contributed by atoms with Gasteiger partial charge in [-0.25, -0.2) is 0 Å². The first-order valence-corrected chi connectivity index (χ1v) is 13.8. The Hall–Kier alpha value is -4.65. The van der Waals surface area contributed by atoms with Gasteiger partial charge in [0.2, 0.25) is 12.4 Å². The molecule has 0 radical (unpaired) electrons. The van der Waals surface area contributed by atoms with E-state index in [1.54, 1.807) is 24.3 Å². The Labute approximate surface area is 254 Å². The molecule has 1 aliphatic rings. The molecule has 5 atom stereocenters. The van der Waals surface area contributed by atoms with Crippen molar-refractivity contribution in [1.29, 1.82) is 0 Å². The van der Waals surface area contributed by atoms with Crippen LogP contribution in [0.25, 0.3) is 0 Å². The number of benzene rings is 2. The van der Waals surface area contributed by atoms with Crippen LogP contribution in [0.2, 0.25) is 0 Å². The maximum atomic E-state index is 13.0. The van der Waals surface area contributed by atoms with Crippen LogP contribution in [0.4, 0.5) is 0 Å². The van der Waals surface area contributed by atoms with Crippen LogP contribution in [0.15, 0.2) is 42.5 Å². The molecule has 0 bridgehead atoms. The van der Waals surface area contributed by atoms with Crippen molar-refractivity contribution >= 4 is 29.7 Å². The molecule has 0 unspecified atom stereocenters. The molecule has 2 aromatic carbocycles. The Morgan fingerprint density at radius 2 is 1.34 bits per heavy atom. The largest absolute Gasteiger partial charge is 0.507 e. The first-order chi connectivity index (χ1) is 20.7. The summed E-state index contributed by atoms with van der Waals surface area (Å²) in [5.74, 6) is -3.11. The third-order valence-corrected chi connectivity index (χ3v) is 6.13. The number of ketones is 1. The van der Waals surface area contributed by atoms with E-state index in [0.717, 1.165) is 27.7 Å². The van der Waals surface area contributed by atoms with E-state index >= 15 is 0 Å². The summed E-state index contributed by atoms with van der Waals surface area (Å²) in [7, 11) is 0. The summed E-state index contributed by atoms with van der Waals surface area (Å²) in [6.45, 7) is 7.85. The number of hydrogen-bond acceptors (Lipinski definition) is 13. The zero-order chi connectivity index (χ0) is 32.6. The molecule has 13 nitrogen and oxygen atoms in total. The summed E-state index contributed by atoms with van der Waals surface area (Å²) in [6.07, 6.45) is -6.92. The predicted molar refractivity (Wildman–Crippen MR) is 151 cm³/mol. The molecule has 2 aromatic rings. The smallest absolute Gasteiger partial charge is 0.303 e. The average molecular weight is 617 g/mol. The molecule has 0 saturated carbocycles. The third kappa shape index (κ3) is 9.69. The summed E-state index contributed by atoms with van der Waals surface area (Å²) >= 11 is 0. The minimum absolute atomic E-state index is 0.00450. The number of carbonyl (C=O) groups is 5. The van der Waals surface area contributed by atoms with Gasteiger partial charge in [0.05, 0.1) is 11.7 Å². The van der Waals surface area contributed by atoms with E-state index in [2.05, 4.69) is 0 Å². The van der Waals surface area contributed by atoms with Gasteiger partial charge in [-0.15, -0.1) is 0 Å². The minimum atomic E-state index is -1.50. The zero-order valence-corrected chi connectivity index (χ0v) is 25.3. The van der Waals surface area contributed by atoms with Crippen molar-refractivity contribution in [3.63, 3.8) is 0 Å². The Balaban J connectivity index is 1.86. The molecule has 0 spiro atoms. The maximum Gasteiger partial charge on any atom is 0.303 e. The Morgan fingerprint density at radius 3 is 1.89 bits per heavy atom. The summed E-state index contributed by atoms with van der Waals surface area (Å²) in [4.78, 5) is 60.4. The fourth-order valence-corrected chi connectivity index (χ4v) is 4.48. The molecule has 1 N–H and O–H groups in total. The van der Waals surface area contributed by atoms with Crippen molar-refractivity contribution in [2.75, 3.05) is 6.61 Å². The molecule has 1 aliphatic heterocycles. The lowest BCUT2D eigenvalue weighted by atomic mass is 9.98. The van der Waals surface area contributed by atoms with Gasteiger partial charge in [0.1, 0.15) is 30.0 Å². The van der Waals surface area contributed by atoms with Gasteiger partial charge in [0, 0.05) is 40.2 Å². The number of hydrogen-bond donors (Lipinski definition) is 1. The van der Waals surface area contributed by atoms with Gasteiger partial charge in [0.15, 0.2) is 18.0 Å². The Bertz CT molecular complexity index is 1350. The normalized spacial score (nSPS) is 21.1. The standard InChI is InChI=1S/C31H36O13/c1-16(2)39-22-9-7-21(8-10-22)13-25(36)24-12-11-23(14-26(24)37)43-31-30(42-20(6)35)29(41-19(5)34)28(40-18(4)33)27(44-31)15-38-17(3)32/h7-12,14,16,27-31,37H,13,15H2,1-6H3/t27-,28+,29-,30-,31+/m0/s1. The van der Waals surface area contributed by atoms with Crippen LogP contribution >= 0.6 is 0 Å². The van der Waals surface area contributed by atoms with E-state index in [-0.39, 0.29) is 29.6 Å². The van der Waals surface area contributed by atoms with Crippen LogP contribution in [-0.4, -0.2) is 78.2 Å². The summed E-state index contributed by atoms with van der Waals surface area (Å²) in [6, 6.07) is 10.9. The van der Waals surface area contributed by atoms with E-state index in [4.69, 9.17) is 33.2 Å². The van der Waals surface area contributed by atoms with Crippen LogP contribution in [0.5, 0.6) is 17.2 Å². The number of aromatic hydroxyl groups is 1. The SMILES string of the molecule is CC(=O)OC[C@@H]1O[C@@H](Oc2ccc(C(=O)Cc3ccc(OC(C)C)cc3)c(O)c2)[C@@H](OC(C)=O)[C@@H](OC(C)=O)[C@@H]1OC(C)=O. The topological polar surface area (TPSA) is 170 Å². The molecule has 3 rings (SSSR count). The number of phenolic OH excluding ortho intramolecular Hbond substituents is 1. The lowest BCUT2D eigenvalue weighted by molar-refractivity contribution is -0.288. The van der Waals surface area contributed by atoms with Gasteiger partial charge < -0.3 is 38.3 Å². The van der Waals surface area contributed by atoms with Crippen molar-refractivity contribution in [2.24, 2.45) is 0 Å². The second-order valence-corrected chi connectivity index (χ2v) is 10.3. The molecule has 1 saturated heterocycles. The Morgan fingerprint density at radius 1 is 0.773 bits per heavy atom. The number of phenols is 1. The van der Waals surface area contributed by atoms with Gasteiger partial charge in [-0.2, -0.15) is 0 Å². The number of rotatable bonds is 12. The van der Waals surface area contributed by atoms with E-state index in [9.17, 15) is 29.1 Å². The molecule has 1 heterocycles. The first-order valence-electron chi connectivity index (χ1n) is 13.8. The number of ether oxygens (including phenoxy) is 7. The fourth-order valence-electron chi connectivity index (χ4n) is 4.48. The van der Waals surface area contributed by atoms with Crippen molar-refractivity contribution < 1.29 is 62.2 Å². The molecule has 44 heavy (non-hydrogen) atoms. The van der Waals surface area contributed by atoms with Crippen LogP contribution in [0, 0.1) is 0 Å². The molecule has 13 heteroatoms. The lowest BCUT2D eigenvalue weighted by Gasteiger charge is -2.43. The van der Waals surface area contributed by atoms with Gasteiger partial charge in [0.25, 0.3) is 0 Å². The highest BCUT2D eigenvalue weighted by Crippen LogP contribution is 2.33. The predicted octanol–water partition coefficient (Wildman–Crippen LogP) is 3.07. The monoisotopic (exact) mass is 616 g/mol. The maximum absolute atomic E-state index is 13.0.